The Morgan fingerprint density at radius 1 is 1.25 bits per heavy atom. The highest BCUT2D eigenvalue weighted by atomic mass is 32.1. The topological polar surface area (TPSA) is 32.5 Å². The number of nitrogens with zero attached hydrogens (tertiary/aromatic N) is 2. The zero-order chi connectivity index (χ0) is 14.1. The Labute approximate surface area is 124 Å². The first-order valence-corrected chi connectivity index (χ1v) is 7.61. The van der Waals surface area contributed by atoms with E-state index in [4.69, 9.17) is 18.0 Å². The molecule has 2 fully saturated rings. The van der Waals surface area contributed by atoms with Gasteiger partial charge in [0.15, 0.2) is 0 Å². The van der Waals surface area contributed by atoms with Crippen LogP contribution in [0, 0.1) is 11.7 Å². The first kappa shape index (κ1) is 13.8. The molecule has 1 saturated carbocycles. The zero-order valence-electron chi connectivity index (χ0n) is 11.5. The summed E-state index contributed by atoms with van der Waals surface area (Å²) in [6, 6.07) is 5.03. The Balaban J connectivity index is 1.63. The normalized spacial score (nSPS) is 20.1. The van der Waals surface area contributed by atoms with Crippen LogP contribution in [0.4, 0.5) is 10.1 Å². The summed E-state index contributed by atoms with van der Waals surface area (Å²) in [5.74, 6) is 0.689. The van der Waals surface area contributed by atoms with Crippen LogP contribution in [0.15, 0.2) is 18.2 Å². The van der Waals surface area contributed by atoms with Crippen molar-refractivity contribution in [1.29, 1.82) is 0 Å². The molecule has 3 rings (SSSR count). The van der Waals surface area contributed by atoms with Gasteiger partial charge in [-0.15, -0.1) is 0 Å². The second kappa shape index (κ2) is 5.66. The van der Waals surface area contributed by atoms with E-state index in [0.29, 0.717) is 11.3 Å². The minimum atomic E-state index is -0.231. The van der Waals surface area contributed by atoms with Crippen LogP contribution < -0.4 is 10.6 Å². The molecule has 1 aliphatic heterocycles. The molecule has 0 amide bonds. The van der Waals surface area contributed by atoms with Crippen molar-refractivity contribution in [3.8, 4) is 0 Å². The highest BCUT2D eigenvalue weighted by Gasteiger charge is 2.27. The maximum absolute atomic E-state index is 14.1. The van der Waals surface area contributed by atoms with Crippen LogP contribution in [0.1, 0.15) is 18.4 Å². The van der Waals surface area contributed by atoms with Crippen molar-refractivity contribution >= 4 is 22.9 Å². The van der Waals surface area contributed by atoms with E-state index in [-0.39, 0.29) is 10.8 Å². The van der Waals surface area contributed by atoms with Gasteiger partial charge in [0.25, 0.3) is 0 Å². The molecule has 0 radical (unpaired) electrons. The lowest BCUT2D eigenvalue weighted by atomic mass is 10.1. The molecule has 0 spiro atoms. The van der Waals surface area contributed by atoms with Gasteiger partial charge in [0, 0.05) is 38.3 Å². The molecule has 2 aliphatic rings. The summed E-state index contributed by atoms with van der Waals surface area (Å²) >= 11 is 4.87. The monoisotopic (exact) mass is 293 g/mol. The lowest BCUT2D eigenvalue weighted by molar-refractivity contribution is 0.247. The van der Waals surface area contributed by atoms with Crippen LogP contribution in [0.3, 0.4) is 0 Å². The SMILES string of the molecule is NC(=S)c1ccc(N2CCN(CC3CC3)CC2)c(F)c1. The second-order valence-corrected chi connectivity index (χ2v) is 6.20. The number of anilines is 1. The average Bonchev–Trinajstić information content (AvgIpc) is 3.24. The molecule has 1 saturated heterocycles. The largest absolute Gasteiger partial charge is 0.389 e. The predicted octanol–water partition coefficient (Wildman–Crippen LogP) is 1.99. The van der Waals surface area contributed by atoms with Gasteiger partial charge >= 0.3 is 0 Å². The van der Waals surface area contributed by atoms with E-state index in [9.17, 15) is 4.39 Å². The first-order chi connectivity index (χ1) is 9.63. The fourth-order valence-corrected chi connectivity index (χ4v) is 2.88. The third-order valence-corrected chi connectivity index (χ3v) is 4.39. The minimum absolute atomic E-state index is 0.231. The molecule has 20 heavy (non-hydrogen) atoms. The van der Waals surface area contributed by atoms with Gasteiger partial charge in [-0.25, -0.2) is 4.39 Å². The van der Waals surface area contributed by atoms with Crippen LogP contribution in [0.25, 0.3) is 0 Å². The number of hydrogen-bond donors (Lipinski definition) is 1. The number of hydrogen-bond acceptors (Lipinski definition) is 3. The Hall–Kier alpha value is -1.20. The van der Waals surface area contributed by atoms with Gasteiger partial charge < -0.3 is 10.6 Å². The van der Waals surface area contributed by atoms with E-state index in [1.165, 1.54) is 25.5 Å². The van der Waals surface area contributed by atoms with Crippen LogP contribution in [0.2, 0.25) is 0 Å². The van der Waals surface area contributed by atoms with Gasteiger partial charge in [-0.2, -0.15) is 0 Å². The number of nitrogens with two attached hydrogens (primary N) is 1. The van der Waals surface area contributed by atoms with E-state index < -0.39 is 0 Å². The summed E-state index contributed by atoms with van der Waals surface area (Å²) in [7, 11) is 0. The maximum Gasteiger partial charge on any atom is 0.147 e. The second-order valence-electron chi connectivity index (χ2n) is 5.76. The molecule has 1 aromatic carbocycles. The Bertz CT molecular complexity index is 508. The van der Waals surface area contributed by atoms with E-state index in [1.807, 2.05) is 0 Å². The van der Waals surface area contributed by atoms with E-state index in [0.717, 1.165) is 32.1 Å². The van der Waals surface area contributed by atoms with Crippen LogP contribution in [-0.4, -0.2) is 42.6 Å². The van der Waals surface area contributed by atoms with Crippen molar-refractivity contribution in [2.24, 2.45) is 11.7 Å². The Morgan fingerprint density at radius 3 is 2.50 bits per heavy atom. The summed E-state index contributed by atoms with van der Waals surface area (Å²) in [5, 5.41) is 0. The molecule has 0 unspecified atom stereocenters. The standard InChI is InChI=1S/C15H20FN3S/c16-13-9-12(15(17)20)3-4-14(13)19-7-5-18(6-8-19)10-11-1-2-11/h3-4,9,11H,1-2,5-8,10H2,(H2,17,20). The number of piperazine rings is 1. The lowest BCUT2D eigenvalue weighted by Crippen LogP contribution is -2.47. The van der Waals surface area contributed by atoms with E-state index >= 15 is 0 Å². The van der Waals surface area contributed by atoms with Crippen molar-refractivity contribution in [1.82, 2.24) is 4.90 Å². The summed E-state index contributed by atoms with van der Waals surface area (Å²) in [6.07, 6.45) is 2.77. The number of rotatable bonds is 4. The van der Waals surface area contributed by atoms with Crippen LogP contribution >= 0.6 is 12.2 Å². The van der Waals surface area contributed by atoms with Crippen molar-refractivity contribution in [3.63, 3.8) is 0 Å². The summed E-state index contributed by atoms with van der Waals surface area (Å²) in [6.45, 7) is 5.03. The molecule has 0 bridgehead atoms. The molecule has 0 aromatic heterocycles. The summed E-state index contributed by atoms with van der Waals surface area (Å²) < 4.78 is 14.1. The van der Waals surface area contributed by atoms with Gasteiger partial charge in [0.2, 0.25) is 0 Å². The van der Waals surface area contributed by atoms with Gasteiger partial charge in [0.1, 0.15) is 10.8 Å². The van der Waals surface area contributed by atoms with Gasteiger partial charge in [-0.05, 0) is 37.0 Å². The van der Waals surface area contributed by atoms with Crippen molar-refractivity contribution in [3.05, 3.63) is 29.6 Å². The lowest BCUT2D eigenvalue weighted by Gasteiger charge is -2.36. The quantitative estimate of drug-likeness (QED) is 0.861. The molecular formula is C15H20FN3S. The number of benzene rings is 1. The van der Waals surface area contributed by atoms with Crippen LogP contribution in [0.5, 0.6) is 0 Å². The maximum atomic E-state index is 14.1. The molecule has 1 aromatic rings. The average molecular weight is 293 g/mol. The molecule has 108 valence electrons. The van der Waals surface area contributed by atoms with E-state index in [1.54, 1.807) is 12.1 Å². The van der Waals surface area contributed by atoms with E-state index in [2.05, 4.69) is 9.80 Å². The fourth-order valence-electron chi connectivity index (χ4n) is 2.75. The smallest absolute Gasteiger partial charge is 0.147 e. The van der Waals surface area contributed by atoms with Crippen molar-refractivity contribution in [2.45, 2.75) is 12.8 Å². The molecule has 1 aliphatic carbocycles. The minimum Gasteiger partial charge on any atom is -0.389 e. The van der Waals surface area contributed by atoms with Crippen molar-refractivity contribution < 1.29 is 4.39 Å². The molecule has 0 atom stereocenters. The zero-order valence-corrected chi connectivity index (χ0v) is 12.3. The Kier molecular flexibility index (Phi) is 3.89. The van der Waals surface area contributed by atoms with Crippen LogP contribution in [-0.2, 0) is 0 Å². The molecule has 1 heterocycles. The summed E-state index contributed by atoms with van der Waals surface area (Å²) in [4.78, 5) is 4.85. The van der Waals surface area contributed by atoms with Gasteiger partial charge in [-0.1, -0.05) is 12.2 Å². The summed E-state index contributed by atoms with van der Waals surface area (Å²) in [5.41, 5.74) is 6.78. The number of halogens is 1. The highest BCUT2D eigenvalue weighted by molar-refractivity contribution is 7.80. The first-order valence-electron chi connectivity index (χ1n) is 7.20. The Morgan fingerprint density at radius 2 is 1.95 bits per heavy atom. The highest BCUT2D eigenvalue weighted by Crippen LogP contribution is 2.30. The number of thiocarbonyl (C=S) groups is 1. The molecule has 3 nitrogen and oxygen atoms in total. The molecular weight excluding hydrogens is 273 g/mol. The third kappa shape index (κ3) is 3.10. The molecule has 5 heteroatoms. The molecule has 2 N–H and O–H groups in total. The van der Waals surface area contributed by atoms with Gasteiger partial charge in [0.05, 0.1) is 5.69 Å². The fraction of sp³-hybridized carbons (Fsp3) is 0.533. The third-order valence-electron chi connectivity index (χ3n) is 4.16. The predicted molar refractivity (Wildman–Crippen MR) is 83.7 cm³/mol. The van der Waals surface area contributed by atoms with Gasteiger partial charge in [-0.3, -0.25) is 4.90 Å². The van der Waals surface area contributed by atoms with Crippen molar-refractivity contribution in [2.75, 3.05) is 37.6 Å².